The van der Waals surface area contributed by atoms with E-state index >= 15 is 0 Å². The number of nitrogens with one attached hydrogen (secondary N) is 1. The van der Waals surface area contributed by atoms with Gasteiger partial charge in [-0.05, 0) is 31.8 Å². The third kappa shape index (κ3) is 4.34. The van der Waals surface area contributed by atoms with E-state index in [1.807, 2.05) is 32.3 Å². The van der Waals surface area contributed by atoms with Gasteiger partial charge in [-0.2, -0.15) is 9.97 Å². The molecule has 0 spiro atoms. The molecule has 5 N–H and O–H groups in total. The van der Waals surface area contributed by atoms with Crippen molar-refractivity contribution in [2.75, 3.05) is 51.6 Å². The number of ether oxygens (including phenoxy) is 2. The lowest BCUT2D eigenvalue weighted by molar-refractivity contribution is 0.308. The molecule has 0 radical (unpaired) electrons. The van der Waals surface area contributed by atoms with E-state index < -0.39 is 0 Å². The van der Waals surface area contributed by atoms with Crippen molar-refractivity contribution in [1.82, 2.24) is 14.9 Å². The van der Waals surface area contributed by atoms with Gasteiger partial charge in [0.05, 0.1) is 20.3 Å². The van der Waals surface area contributed by atoms with Gasteiger partial charge in [0.1, 0.15) is 5.69 Å². The van der Waals surface area contributed by atoms with Crippen molar-refractivity contribution < 1.29 is 9.47 Å². The van der Waals surface area contributed by atoms with Crippen LogP contribution in [-0.2, 0) is 0 Å². The van der Waals surface area contributed by atoms with E-state index in [1.54, 1.807) is 14.2 Å². The molecule has 1 heterocycles. The number of nitrogen functional groups attached to an aromatic ring is 2. The smallest absolute Gasteiger partial charge is 0.223 e. The Balaban J connectivity index is 2.25. The summed E-state index contributed by atoms with van der Waals surface area (Å²) in [7, 11) is 7.17. The molecule has 0 aliphatic rings. The van der Waals surface area contributed by atoms with E-state index in [0.717, 1.165) is 5.56 Å². The lowest BCUT2D eigenvalue weighted by Crippen LogP contribution is -2.27. The standard InChI is InChI=1S/C16H23ClN6O2/c1-23(2)10(9-5-6-11(24-3)12(7-9)25-4)8-20-15-13(18)14(17)21-16(19)22-15/h5-7,10H,8,18H2,1-4H3,(H3,19,20,21,22). The van der Waals surface area contributed by atoms with Crippen LogP contribution in [-0.4, -0.2) is 49.7 Å². The van der Waals surface area contributed by atoms with E-state index in [4.69, 9.17) is 32.5 Å². The Morgan fingerprint density at radius 2 is 1.84 bits per heavy atom. The van der Waals surface area contributed by atoms with E-state index in [9.17, 15) is 0 Å². The topological polar surface area (TPSA) is 112 Å². The van der Waals surface area contributed by atoms with Gasteiger partial charge in [0.15, 0.2) is 22.5 Å². The highest BCUT2D eigenvalue weighted by molar-refractivity contribution is 6.32. The van der Waals surface area contributed by atoms with Gasteiger partial charge in [-0.25, -0.2) is 0 Å². The number of methoxy groups -OCH3 is 2. The average molecular weight is 367 g/mol. The average Bonchev–Trinajstić information content (AvgIpc) is 2.58. The number of anilines is 3. The van der Waals surface area contributed by atoms with Gasteiger partial charge < -0.3 is 31.2 Å². The zero-order valence-corrected chi connectivity index (χ0v) is 15.5. The molecule has 0 saturated heterocycles. The lowest BCUT2D eigenvalue weighted by atomic mass is 10.0. The zero-order valence-electron chi connectivity index (χ0n) is 14.7. The Hall–Kier alpha value is -2.45. The summed E-state index contributed by atoms with van der Waals surface area (Å²) in [5, 5.41) is 3.31. The fraction of sp³-hybridized carbons (Fsp3) is 0.375. The molecule has 1 aromatic carbocycles. The van der Waals surface area contributed by atoms with E-state index in [2.05, 4.69) is 20.2 Å². The van der Waals surface area contributed by atoms with Crippen LogP contribution < -0.4 is 26.3 Å². The van der Waals surface area contributed by atoms with Crippen molar-refractivity contribution in [2.24, 2.45) is 0 Å². The zero-order chi connectivity index (χ0) is 18.6. The first-order chi connectivity index (χ1) is 11.9. The minimum atomic E-state index is 0.0224. The Bertz CT molecular complexity index is 741. The Morgan fingerprint density at radius 3 is 2.44 bits per heavy atom. The van der Waals surface area contributed by atoms with Gasteiger partial charge in [-0.1, -0.05) is 17.7 Å². The number of benzene rings is 1. The third-order valence-corrected chi connectivity index (χ3v) is 4.08. The summed E-state index contributed by atoms with van der Waals surface area (Å²) < 4.78 is 10.7. The first-order valence-electron chi connectivity index (χ1n) is 7.58. The number of halogens is 1. The van der Waals surface area contributed by atoms with Crippen LogP contribution in [0.3, 0.4) is 0 Å². The van der Waals surface area contributed by atoms with Crippen molar-refractivity contribution in [3.63, 3.8) is 0 Å². The molecule has 0 fully saturated rings. The van der Waals surface area contributed by atoms with E-state index in [0.29, 0.717) is 23.9 Å². The normalized spacial score (nSPS) is 12.1. The molecular formula is C16H23ClN6O2. The second-order valence-corrected chi connectivity index (χ2v) is 5.97. The van der Waals surface area contributed by atoms with Gasteiger partial charge in [-0.15, -0.1) is 0 Å². The van der Waals surface area contributed by atoms with Crippen LogP contribution in [0.25, 0.3) is 0 Å². The maximum Gasteiger partial charge on any atom is 0.223 e. The SMILES string of the molecule is COc1ccc(C(CNc2nc(N)nc(Cl)c2N)N(C)C)cc1OC. The number of nitrogens with zero attached hydrogens (tertiary/aromatic N) is 3. The molecular weight excluding hydrogens is 344 g/mol. The molecule has 1 aromatic heterocycles. The number of hydrogen-bond donors (Lipinski definition) is 3. The van der Waals surface area contributed by atoms with Crippen molar-refractivity contribution in [1.29, 1.82) is 0 Å². The molecule has 1 atom stereocenters. The third-order valence-electron chi connectivity index (χ3n) is 3.80. The second kappa shape index (κ2) is 8.09. The van der Waals surface area contributed by atoms with Crippen molar-refractivity contribution in [3.05, 3.63) is 28.9 Å². The van der Waals surface area contributed by atoms with Gasteiger partial charge in [0.25, 0.3) is 0 Å². The van der Waals surface area contributed by atoms with Crippen molar-refractivity contribution in [3.8, 4) is 11.5 Å². The van der Waals surface area contributed by atoms with Crippen LogP contribution in [0.15, 0.2) is 18.2 Å². The molecule has 0 bridgehead atoms. The Labute approximate surface area is 152 Å². The number of likely N-dealkylation sites (N-methyl/N-ethyl adjacent to an activating group) is 1. The van der Waals surface area contributed by atoms with Crippen molar-refractivity contribution >= 4 is 29.1 Å². The Morgan fingerprint density at radius 1 is 1.16 bits per heavy atom. The fourth-order valence-electron chi connectivity index (χ4n) is 2.45. The van der Waals surface area contributed by atoms with Crippen LogP contribution in [0, 0.1) is 0 Å². The molecule has 9 heteroatoms. The number of aromatic nitrogens is 2. The summed E-state index contributed by atoms with van der Waals surface area (Å²) >= 11 is 5.95. The summed E-state index contributed by atoms with van der Waals surface area (Å²) in [5.41, 5.74) is 12.9. The highest BCUT2D eigenvalue weighted by Gasteiger charge is 2.18. The summed E-state index contributed by atoms with van der Waals surface area (Å²) in [4.78, 5) is 9.99. The number of hydrogen-bond acceptors (Lipinski definition) is 8. The van der Waals surface area contributed by atoms with Crippen LogP contribution in [0.1, 0.15) is 11.6 Å². The van der Waals surface area contributed by atoms with Crippen LogP contribution >= 0.6 is 11.6 Å². The van der Waals surface area contributed by atoms with Gasteiger partial charge in [0, 0.05) is 6.54 Å². The molecule has 8 nitrogen and oxygen atoms in total. The van der Waals surface area contributed by atoms with Crippen LogP contribution in [0.4, 0.5) is 17.5 Å². The quantitative estimate of drug-likeness (QED) is 0.638. The predicted octanol–water partition coefficient (Wildman–Crippen LogP) is 2.03. The van der Waals surface area contributed by atoms with Crippen molar-refractivity contribution in [2.45, 2.75) is 6.04 Å². The van der Waals surface area contributed by atoms with Crippen LogP contribution in [0.2, 0.25) is 5.15 Å². The summed E-state index contributed by atoms with van der Waals surface area (Å²) in [6.45, 7) is 0.527. The molecule has 2 rings (SSSR count). The molecule has 0 amide bonds. The van der Waals surface area contributed by atoms with Gasteiger partial charge in [0.2, 0.25) is 5.95 Å². The monoisotopic (exact) mass is 366 g/mol. The number of nitrogens with two attached hydrogens (primary N) is 2. The highest BCUT2D eigenvalue weighted by atomic mass is 35.5. The molecule has 1 unspecified atom stereocenters. The fourth-order valence-corrected chi connectivity index (χ4v) is 2.62. The Kier molecular flexibility index (Phi) is 6.11. The molecule has 0 aliphatic heterocycles. The minimum absolute atomic E-state index is 0.0224. The van der Waals surface area contributed by atoms with Crippen LogP contribution in [0.5, 0.6) is 11.5 Å². The maximum absolute atomic E-state index is 5.95. The highest BCUT2D eigenvalue weighted by Crippen LogP contribution is 2.32. The summed E-state index contributed by atoms with van der Waals surface area (Å²) in [5.74, 6) is 1.82. The van der Waals surface area contributed by atoms with E-state index in [-0.39, 0.29) is 22.8 Å². The predicted molar refractivity (Wildman–Crippen MR) is 100 cm³/mol. The molecule has 2 aromatic rings. The van der Waals surface area contributed by atoms with E-state index in [1.165, 1.54) is 0 Å². The van der Waals surface area contributed by atoms with Gasteiger partial charge >= 0.3 is 0 Å². The first-order valence-corrected chi connectivity index (χ1v) is 7.95. The maximum atomic E-state index is 5.95. The summed E-state index contributed by atoms with van der Waals surface area (Å²) in [6, 6.07) is 5.82. The molecule has 0 saturated carbocycles. The molecule has 0 aliphatic carbocycles. The first kappa shape index (κ1) is 18.9. The number of rotatable bonds is 7. The summed E-state index contributed by atoms with van der Waals surface area (Å²) in [6.07, 6.45) is 0. The molecule has 136 valence electrons. The molecule has 25 heavy (non-hydrogen) atoms. The van der Waals surface area contributed by atoms with Gasteiger partial charge in [-0.3, -0.25) is 0 Å². The largest absolute Gasteiger partial charge is 0.493 e. The minimum Gasteiger partial charge on any atom is -0.493 e. The second-order valence-electron chi connectivity index (χ2n) is 5.61. The lowest BCUT2D eigenvalue weighted by Gasteiger charge is -2.26.